The number of H-pyrrole nitrogens is 1. The fraction of sp³-hybridized carbons (Fsp3) is 0.0500. The average Bonchev–Trinajstić information content (AvgIpc) is 3.01. The molecule has 3 nitrogen and oxygen atoms in total. The van der Waals surface area contributed by atoms with Crippen molar-refractivity contribution in [3.63, 3.8) is 0 Å². The number of rotatable bonds is 3. The summed E-state index contributed by atoms with van der Waals surface area (Å²) in [5, 5.41) is 1.06. The fourth-order valence-corrected chi connectivity index (χ4v) is 2.98. The third-order valence-electron chi connectivity index (χ3n) is 4.09. The van der Waals surface area contributed by atoms with Crippen molar-refractivity contribution in [2.75, 3.05) is 7.11 Å². The van der Waals surface area contributed by atoms with Gasteiger partial charge in [-0.1, -0.05) is 12.1 Å². The second kappa shape index (κ2) is 5.81. The zero-order valence-corrected chi connectivity index (χ0v) is 13.1. The molecule has 1 N–H and O–H groups in total. The molecule has 0 fully saturated rings. The molecule has 0 radical (unpaired) electrons. The molecule has 0 atom stereocenters. The number of halogens is 1. The minimum absolute atomic E-state index is 0.260. The fourth-order valence-electron chi connectivity index (χ4n) is 2.98. The molecule has 0 unspecified atom stereocenters. The molecule has 0 saturated heterocycles. The molecule has 0 bridgehead atoms. The Morgan fingerprint density at radius 1 is 0.958 bits per heavy atom. The average molecular weight is 318 g/mol. The number of hydrogen-bond donors (Lipinski definition) is 1. The summed E-state index contributed by atoms with van der Waals surface area (Å²) in [6, 6.07) is 16.4. The second-order valence-electron chi connectivity index (χ2n) is 5.53. The lowest BCUT2D eigenvalue weighted by atomic mass is 9.99. The largest absolute Gasteiger partial charge is 0.497 e. The first kappa shape index (κ1) is 14.5. The highest BCUT2D eigenvalue weighted by molar-refractivity contribution is 6.04. The molecule has 2 aromatic heterocycles. The molecule has 0 aliphatic heterocycles. The molecule has 0 aliphatic rings. The van der Waals surface area contributed by atoms with E-state index in [0.29, 0.717) is 0 Å². The molecule has 0 saturated carbocycles. The lowest BCUT2D eigenvalue weighted by Gasteiger charge is -2.06. The number of nitrogens with zero attached hydrogens (tertiary/aromatic N) is 1. The number of methoxy groups -OCH3 is 1. The molecule has 0 aliphatic carbocycles. The Hall–Kier alpha value is -3.14. The van der Waals surface area contributed by atoms with Gasteiger partial charge >= 0.3 is 0 Å². The van der Waals surface area contributed by atoms with E-state index in [-0.39, 0.29) is 5.82 Å². The first-order valence-corrected chi connectivity index (χ1v) is 7.62. The molecular formula is C20H15FN2O. The summed E-state index contributed by atoms with van der Waals surface area (Å²) < 4.78 is 19.0. The van der Waals surface area contributed by atoms with E-state index >= 15 is 0 Å². The Morgan fingerprint density at radius 2 is 1.79 bits per heavy atom. The van der Waals surface area contributed by atoms with Crippen LogP contribution >= 0.6 is 0 Å². The molecule has 2 aromatic carbocycles. The SMILES string of the molecule is COc1ccc2c(-c3ccncc3)c(-c3cccc(F)c3)[nH]c2c1. The van der Waals surface area contributed by atoms with Crippen LogP contribution in [-0.4, -0.2) is 17.1 Å². The van der Waals surface area contributed by atoms with Gasteiger partial charge in [-0.05, 0) is 42.0 Å². The Balaban J connectivity index is 2.04. The predicted octanol–water partition coefficient (Wildman–Crippen LogP) is 5.04. The van der Waals surface area contributed by atoms with Crippen molar-refractivity contribution in [2.24, 2.45) is 0 Å². The van der Waals surface area contributed by atoms with Gasteiger partial charge in [0.25, 0.3) is 0 Å². The van der Waals surface area contributed by atoms with Crippen molar-refractivity contribution in [3.05, 3.63) is 72.8 Å². The molecule has 118 valence electrons. The summed E-state index contributed by atoms with van der Waals surface area (Å²) in [7, 11) is 1.64. The van der Waals surface area contributed by atoms with Crippen LogP contribution in [-0.2, 0) is 0 Å². The number of hydrogen-bond acceptors (Lipinski definition) is 2. The van der Waals surface area contributed by atoms with E-state index < -0.39 is 0 Å². The van der Waals surface area contributed by atoms with Crippen molar-refractivity contribution in [1.82, 2.24) is 9.97 Å². The quantitative estimate of drug-likeness (QED) is 0.574. The lowest BCUT2D eigenvalue weighted by molar-refractivity contribution is 0.415. The smallest absolute Gasteiger partial charge is 0.123 e. The Morgan fingerprint density at radius 3 is 2.54 bits per heavy atom. The number of aromatic amines is 1. The van der Waals surface area contributed by atoms with Crippen LogP contribution < -0.4 is 4.74 Å². The van der Waals surface area contributed by atoms with Gasteiger partial charge in [-0.15, -0.1) is 0 Å². The molecular weight excluding hydrogens is 303 g/mol. The van der Waals surface area contributed by atoms with E-state index in [9.17, 15) is 4.39 Å². The van der Waals surface area contributed by atoms with Gasteiger partial charge in [0.2, 0.25) is 0 Å². The third kappa shape index (κ3) is 2.42. The molecule has 4 heteroatoms. The first-order chi connectivity index (χ1) is 11.8. The van der Waals surface area contributed by atoms with Gasteiger partial charge in [-0.2, -0.15) is 0 Å². The highest BCUT2D eigenvalue weighted by Crippen LogP contribution is 2.39. The van der Waals surface area contributed by atoms with Crippen LogP contribution in [0.3, 0.4) is 0 Å². The van der Waals surface area contributed by atoms with E-state index in [4.69, 9.17) is 4.74 Å². The monoisotopic (exact) mass is 318 g/mol. The Labute approximate surface area is 138 Å². The lowest BCUT2D eigenvalue weighted by Crippen LogP contribution is -1.84. The van der Waals surface area contributed by atoms with Crippen LogP contribution in [0.4, 0.5) is 4.39 Å². The highest BCUT2D eigenvalue weighted by atomic mass is 19.1. The van der Waals surface area contributed by atoms with E-state index in [1.807, 2.05) is 36.4 Å². The summed E-state index contributed by atoms with van der Waals surface area (Å²) in [6.45, 7) is 0. The van der Waals surface area contributed by atoms with Crippen LogP contribution in [0.5, 0.6) is 5.75 Å². The van der Waals surface area contributed by atoms with Gasteiger partial charge < -0.3 is 9.72 Å². The van der Waals surface area contributed by atoms with Crippen molar-refractivity contribution in [2.45, 2.75) is 0 Å². The van der Waals surface area contributed by atoms with Crippen LogP contribution in [0.25, 0.3) is 33.3 Å². The van der Waals surface area contributed by atoms with Crippen LogP contribution in [0.1, 0.15) is 0 Å². The Kier molecular flexibility index (Phi) is 3.50. The van der Waals surface area contributed by atoms with Crippen molar-refractivity contribution < 1.29 is 9.13 Å². The summed E-state index contributed by atoms with van der Waals surface area (Å²) in [5.41, 5.74) is 4.68. The highest BCUT2D eigenvalue weighted by Gasteiger charge is 2.16. The molecule has 0 amide bonds. The minimum atomic E-state index is -0.260. The summed E-state index contributed by atoms with van der Waals surface area (Å²) in [5.74, 6) is 0.514. The summed E-state index contributed by atoms with van der Waals surface area (Å²) in [6.07, 6.45) is 3.51. The van der Waals surface area contributed by atoms with Gasteiger partial charge in [-0.3, -0.25) is 4.98 Å². The predicted molar refractivity (Wildman–Crippen MR) is 93.5 cm³/mol. The van der Waals surface area contributed by atoms with Gasteiger partial charge in [-0.25, -0.2) is 4.39 Å². The van der Waals surface area contributed by atoms with Gasteiger partial charge in [0.05, 0.1) is 18.3 Å². The molecule has 4 aromatic rings. The minimum Gasteiger partial charge on any atom is -0.497 e. The van der Waals surface area contributed by atoms with Crippen molar-refractivity contribution in [1.29, 1.82) is 0 Å². The number of aromatic nitrogens is 2. The molecule has 4 rings (SSSR count). The van der Waals surface area contributed by atoms with Crippen LogP contribution in [0.2, 0.25) is 0 Å². The van der Waals surface area contributed by atoms with Gasteiger partial charge in [0.15, 0.2) is 0 Å². The standard InChI is InChI=1S/C20H15FN2O/c1-24-16-5-6-17-18(12-16)23-20(14-3-2-4-15(21)11-14)19(17)13-7-9-22-10-8-13/h2-12,23H,1H3. The third-order valence-corrected chi connectivity index (χ3v) is 4.09. The summed E-state index contributed by atoms with van der Waals surface area (Å²) >= 11 is 0. The molecule has 0 spiro atoms. The molecule has 2 heterocycles. The normalized spacial score (nSPS) is 10.9. The number of pyridine rings is 1. The number of nitrogens with one attached hydrogen (secondary N) is 1. The van der Waals surface area contributed by atoms with Gasteiger partial charge in [0, 0.05) is 35.0 Å². The maximum atomic E-state index is 13.7. The number of fused-ring (bicyclic) bond motifs is 1. The van der Waals surface area contributed by atoms with E-state index in [1.54, 1.807) is 25.6 Å². The zero-order valence-electron chi connectivity index (χ0n) is 13.1. The van der Waals surface area contributed by atoms with Crippen molar-refractivity contribution >= 4 is 10.9 Å². The topological polar surface area (TPSA) is 37.9 Å². The van der Waals surface area contributed by atoms with Crippen LogP contribution in [0.15, 0.2) is 67.0 Å². The molecule has 24 heavy (non-hydrogen) atoms. The second-order valence-corrected chi connectivity index (χ2v) is 5.53. The maximum Gasteiger partial charge on any atom is 0.123 e. The van der Waals surface area contributed by atoms with E-state index in [1.165, 1.54) is 12.1 Å². The van der Waals surface area contributed by atoms with Gasteiger partial charge in [0.1, 0.15) is 11.6 Å². The zero-order chi connectivity index (χ0) is 16.5. The van der Waals surface area contributed by atoms with E-state index in [2.05, 4.69) is 9.97 Å². The Bertz CT molecular complexity index is 1010. The van der Waals surface area contributed by atoms with E-state index in [0.717, 1.165) is 39.0 Å². The summed E-state index contributed by atoms with van der Waals surface area (Å²) in [4.78, 5) is 7.50. The first-order valence-electron chi connectivity index (χ1n) is 7.62. The number of ether oxygens (including phenoxy) is 1. The van der Waals surface area contributed by atoms with Crippen molar-refractivity contribution in [3.8, 4) is 28.1 Å². The van der Waals surface area contributed by atoms with Crippen LogP contribution in [0, 0.1) is 5.82 Å². The number of benzene rings is 2. The maximum absolute atomic E-state index is 13.7.